The number of benzene rings is 11. The van der Waals surface area contributed by atoms with Crippen molar-refractivity contribution >= 4 is 89.8 Å². The minimum atomic E-state index is -1.63. The molecule has 0 aliphatic rings. The Balaban J connectivity index is 0.000000263. The molecule has 0 aliphatic heterocycles. The SMILES string of the molecule is CC(C)(C)C(=O)C=C(O)C(C)(C)C.CC(C)(C)C(=O)C=C(O)C(C)(C)C.CC(C)(C)C(=O)C=C(O)C(C)(C)C.CC(C)(C)c1cc[c-]c(-c2nc3cc(-c4ccccc4)ccc3cc2[Si](C)(C)C)c1.C[Si](C)(C)c1cc2nc(-c3[c-]ccc(-c4ccccc4)c3)ccc2cc1-c1ccccc1.Cc1[c-]c(-c2ccc3c([Si](C)(C)C)c(-c4ccccc4)ccc3n2)cc(-c2ccccc2)c1.[Ir].[Ir].[Ir]. The van der Waals surface area contributed by atoms with Crippen LogP contribution in [0.1, 0.15) is 157 Å². The first kappa shape index (κ1) is 116. The fourth-order valence-corrected chi connectivity index (χ4v) is 19.5. The summed E-state index contributed by atoms with van der Waals surface area (Å²) >= 11 is 0. The van der Waals surface area contributed by atoms with Crippen molar-refractivity contribution in [2.75, 3.05) is 0 Å². The third-order valence-corrected chi connectivity index (χ3v) is 29.0. The Labute approximate surface area is 863 Å². The number of hydrogen-bond acceptors (Lipinski definition) is 9. The van der Waals surface area contributed by atoms with E-state index in [0.29, 0.717) is 0 Å². The summed E-state index contributed by atoms with van der Waals surface area (Å²) in [5, 5.41) is 36.7. The fourth-order valence-electron chi connectivity index (χ4n) is 14.4. The molecule has 11 aromatic carbocycles. The van der Waals surface area contributed by atoms with Crippen LogP contribution in [0.25, 0.3) is 122 Å². The molecule has 137 heavy (non-hydrogen) atoms. The van der Waals surface area contributed by atoms with Gasteiger partial charge in [0.25, 0.3) is 0 Å². The normalized spacial score (nSPS) is 12.3. The van der Waals surface area contributed by atoms with E-state index in [9.17, 15) is 29.7 Å². The fraction of sp³-hybridized carbons (Fsp3) is 0.311. The van der Waals surface area contributed by atoms with E-state index >= 15 is 0 Å². The van der Waals surface area contributed by atoms with Crippen LogP contribution in [-0.4, -0.2) is 71.8 Å². The van der Waals surface area contributed by atoms with Gasteiger partial charge in [0, 0.05) is 111 Å². The van der Waals surface area contributed by atoms with Crippen LogP contribution < -0.4 is 15.6 Å². The molecular weight excluding hydrogens is 2260 g/mol. The molecule has 0 saturated heterocycles. The predicted molar refractivity (Wildman–Crippen MR) is 581 cm³/mol. The van der Waals surface area contributed by atoms with Crippen molar-refractivity contribution in [2.24, 2.45) is 32.5 Å². The molecule has 0 amide bonds. The molecule has 0 saturated carbocycles. The predicted octanol–water partition coefficient (Wildman–Crippen LogP) is 31.9. The number of rotatable bonds is 14. The third-order valence-electron chi connectivity index (χ3n) is 23.0. The molecule has 15 heteroatoms. The molecule has 0 bridgehead atoms. The van der Waals surface area contributed by atoms with Crippen LogP contribution >= 0.6 is 0 Å². The van der Waals surface area contributed by atoms with Crippen LogP contribution in [0.3, 0.4) is 0 Å². The van der Waals surface area contributed by atoms with Crippen molar-refractivity contribution in [1.29, 1.82) is 0 Å². The number of aliphatic hydroxyl groups is 3. The number of nitrogens with zero attached hydrogens (tertiary/aromatic N) is 3. The summed E-state index contributed by atoms with van der Waals surface area (Å²) in [4.78, 5) is 49.9. The van der Waals surface area contributed by atoms with Crippen LogP contribution in [0, 0.1) is 57.6 Å². The molecule has 9 nitrogen and oxygen atoms in total. The molecule has 3 aromatic heterocycles. The average Bonchev–Trinajstić information content (AvgIpc) is 0.761. The van der Waals surface area contributed by atoms with Crippen LogP contribution in [-0.2, 0) is 80.1 Å². The van der Waals surface area contributed by atoms with Gasteiger partial charge in [-0.05, 0) is 113 Å². The van der Waals surface area contributed by atoms with Gasteiger partial charge >= 0.3 is 0 Å². The largest absolute Gasteiger partial charge is 0.512 e. The van der Waals surface area contributed by atoms with E-state index in [1.54, 1.807) is 0 Å². The van der Waals surface area contributed by atoms with Gasteiger partial charge in [-0.25, -0.2) is 0 Å². The smallest absolute Gasteiger partial charge is 0.164 e. The van der Waals surface area contributed by atoms with Crippen LogP contribution in [0.15, 0.2) is 308 Å². The van der Waals surface area contributed by atoms with Gasteiger partial charge < -0.3 is 15.3 Å². The summed E-state index contributed by atoms with van der Waals surface area (Å²) in [6, 6.07) is 107. The Hall–Kier alpha value is -10.1. The average molecular weight is 2410 g/mol. The first-order valence-electron chi connectivity index (χ1n) is 46.7. The second-order valence-corrected chi connectivity index (χ2v) is 60.4. The van der Waals surface area contributed by atoms with E-state index in [1.165, 1.54) is 111 Å². The Morgan fingerprint density at radius 1 is 0.307 bits per heavy atom. The van der Waals surface area contributed by atoms with Gasteiger partial charge in [0.05, 0.1) is 40.8 Å². The van der Waals surface area contributed by atoms with E-state index in [0.717, 1.165) is 55.9 Å². The van der Waals surface area contributed by atoms with Crippen molar-refractivity contribution in [2.45, 2.75) is 217 Å². The Bertz CT molecular complexity index is 6420. The van der Waals surface area contributed by atoms with E-state index < -0.39 is 40.5 Å². The van der Waals surface area contributed by atoms with Gasteiger partial charge in [0.15, 0.2) is 17.3 Å². The number of ketones is 3. The number of aromatic nitrogens is 3. The molecule has 3 radical (unpaired) electrons. The van der Waals surface area contributed by atoms with E-state index in [-0.39, 0.29) is 117 Å². The number of fused-ring (bicyclic) bond motifs is 3. The second kappa shape index (κ2) is 47.7. The molecular formula is C122H144Ir3N3O6Si3-3. The minimum absolute atomic E-state index is 0. The Morgan fingerprint density at radius 3 is 1.11 bits per heavy atom. The number of aliphatic hydroxyl groups excluding tert-OH is 3. The van der Waals surface area contributed by atoms with Crippen LogP contribution in [0.5, 0.6) is 0 Å². The maximum Gasteiger partial charge on any atom is 0.164 e. The summed E-state index contributed by atoms with van der Waals surface area (Å²) < 4.78 is 0. The topological polar surface area (TPSA) is 151 Å². The van der Waals surface area contributed by atoms with Gasteiger partial charge in [-0.3, -0.25) is 29.3 Å². The molecule has 0 spiro atoms. The maximum absolute atomic E-state index is 11.5. The monoisotopic (exact) mass is 2410 g/mol. The van der Waals surface area contributed by atoms with Gasteiger partial charge in [0.1, 0.15) is 17.3 Å². The molecule has 0 atom stereocenters. The molecule has 14 aromatic rings. The van der Waals surface area contributed by atoms with Crippen LogP contribution in [0.4, 0.5) is 0 Å². The zero-order chi connectivity index (χ0) is 99.2. The number of pyridine rings is 3. The van der Waals surface area contributed by atoms with Crippen molar-refractivity contribution in [3.63, 3.8) is 0 Å². The maximum atomic E-state index is 11.5. The van der Waals surface area contributed by atoms with Crippen molar-refractivity contribution in [3.05, 3.63) is 338 Å². The van der Waals surface area contributed by atoms with E-state index in [1.807, 2.05) is 137 Å². The number of allylic oxidation sites excluding steroid dienone is 6. The van der Waals surface area contributed by atoms with Gasteiger partial charge in [0.2, 0.25) is 0 Å². The molecule has 725 valence electrons. The molecule has 14 rings (SSSR count). The van der Waals surface area contributed by atoms with Gasteiger partial charge in [-0.2, -0.15) is 0 Å². The summed E-state index contributed by atoms with van der Waals surface area (Å²) in [6.45, 7) is 63.9. The van der Waals surface area contributed by atoms with Gasteiger partial charge in [-0.15, -0.1) is 106 Å². The number of carbonyl (C=O) groups is 3. The Morgan fingerprint density at radius 2 is 0.679 bits per heavy atom. The van der Waals surface area contributed by atoms with Crippen LogP contribution in [0.2, 0.25) is 58.9 Å². The van der Waals surface area contributed by atoms with Crippen molar-refractivity contribution in [1.82, 2.24) is 15.0 Å². The Kier molecular flexibility index (Phi) is 40.2. The third kappa shape index (κ3) is 33.0. The van der Waals surface area contributed by atoms with E-state index in [4.69, 9.17) is 15.0 Å². The molecule has 0 aliphatic carbocycles. The summed E-state index contributed by atoms with van der Waals surface area (Å²) in [7, 11) is -4.81. The number of carbonyl (C=O) groups excluding carboxylic acids is 3. The minimum Gasteiger partial charge on any atom is -0.512 e. The quantitative estimate of drug-likeness (QED) is 0.0418. The van der Waals surface area contributed by atoms with Crippen molar-refractivity contribution < 1.29 is 90.0 Å². The zero-order valence-corrected chi connectivity index (χ0v) is 96.8. The number of hydrogen-bond donors (Lipinski definition) is 3. The van der Waals surface area contributed by atoms with Crippen molar-refractivity contribution in [3.8, 4) is 89.4 Å². The molecule has 0 unspecified atom stereocenters. The summed E-state index contributed by atoms with van der Waals surface area (Å²) in [5.41, 5.74) is 22.1. The molecule has 0 fully saturated rings. The number of aryl methyl sites for hydroxylation is 1. The summed E-state index contributed by atoms with van der Waals surface area (Å²) in [6.07, 6.45) is 4.00. The zero-order valence-electron chi connectivity index (χ0n) is 86.6. The van der Waals surface area contributed by atoms with E-state index in [2.05, 4.69) is 366 Å². The standard InChI is InChI=1S/C31H28NSi.C30H26NSi.C28H30NSi.3C11H20O2.3Ir/c1-22-19-25(23-11-7-5-8-12-23)21-26(20-22)29-17-16-28-30(32-29)18-15-27(31(28)33(2,3)4)24-13-9-6-10-14-24;1-32(2,3)30-21-29-26(20-27(30)23-13-8-5-9-14-23)17-18-28(31-29)25-16-10-15-24(19-25)22-11-6-4-7-12-22;1-28(2,3)24-14-10-13-23(17-24)27-26(30(4,5)6)19-22-16-15-21(18-25(22)29-27)20-11-8-7-9-12-20;3*1-10(2,3)8(12)7-9(13)11(4,5)6;;;/h5-19,21H,1-4H3;4-15,17-21H,1-3H3;7-12,14-19H,1-6H3;3*7,12H,1-6H3;;;/q3*-1;;;;;;. The molecule has 3 heterocycles. The first-order chi connectivity index (χ1) is 62.2. The molecule has 3 N–H and O–H groups in total. The first-order valence-corrected chi connectivity index (χ1v) is 57.2. The summed E-state index contributed by atoms with van der Waals surface area (Å²) in [5.74, 6) is 0.312. The van der Waals surface area contributed by atoms with Gasteiger partial charge in [-0.1, -0.05) is 422 Å². The second-order valence-electron chi connectivity index (χ2n) is 45.3.